The summed E-state index contributed by atoms with van der Waals surface area (Å²) in [6.45, 7) is 3.32. The molecule has 1 aromatic carbocycles. The van der Waals surface area contributed by atoms with Crippen molar-refractivity contribution in [3.63, 3.8) is 0 Å². The van der Waals surface area contributed by atoms with E-state index >= 15 is 0 Å². The maximum atomic E-state index is 4.29. The molecule has 0 aliphatic heterocycles. The standard InChI is InChI=1S/C16H21N3/c1-3-9-17-16-8-7-14-13(5-4-6-15(14)16)12-10-18-19(2)11-12/h4-6,10-11,16-17H,3,7-9H2,1-2H3. The molecule has 1 unspecified atom stereocenters. The molecule has 19 heavy (non-hydrogen) atoms. The summed E-state index contributed by atoms with van der Waals surface area (Å²) in [6, 6.07) is 7.20. The molecule has 0 saturated heterocycles. The highest BCUT2D eigenvalue weighted by molar-refractivity contribution is 5.68. The average molecular weight is 255 g/mol. The highest BCUT2D eigenvalue weighted by Gasteiger charge is 2.24. The zero-order chi connectivity index (χ0) is 13.2. The fraction of sp³-hybridized carbons (Fsp3) is 0.438. The molecule has 1 aromatic heterocycles. The molecule has 3 rings (SSSR count). The molecule has 1 heterocycles. The molecule has 1 atom stereocenters. The molecule has 0 radical (unpaired) electrons. The molecular weight excluding hydrogens is 234 g/mol. The summed E-state index contributed by atoms with van der Waals surface area (Å²) in [5.74, 6) is 0. The van der Waals surface area contributed by atoms with Crippen LogP contribution in [0.4, 0.5) is 0 Å². The van der Waals surface area contributed by atoms with Crippen LogP contribution in [-0.2, 0) is 13.5 Å². The van der Waals surface area contributed by atoms with Crippen LogP contribution < -0.4 is 5.32 Å². The number of nitrogens with zero attached hydrogens (tertiary/aromatic N) is 2. The lowest BCUT2D eigenvalue weighted by Crippen LogP contribution is -2.19. The molecule has 0 spiro atoms. The first kappa shape index (κ1) is 12.4. The van der Waals surface area contributed by atoms with Crippen LogP contribution in [-0.4, -0.2) is 16.3 Å². The first-order chi connectivity index (χ1) is 9.29. The molecule has 0 fully saturated rings. The van der Waals surface area contributed by atoms with E-state index in [4.69, 9.17) is 0 Å². The predicted octanol–water partition coefficient (Wildman–Crippen LogP) is 3.07. The van der Waals surface area contributed by atoms with Gasteiger partial charge >= 0.3 is 0 Å². The van der Waals surface area contributed by atoms with Crippen LogP contribution in [0.1, 0.15) is 36.9 Å². The Bertz CT molecular complexity index is 571. The smallest absolute Gasteiger partial charge is 0.0568 e. The zero-order valence-corrected chi connectivity index (χ0v) is 11.7. The lowest BCUT2D eigenvalue weighted by molar-refractivity contribution is 0.529. The summed E-state index contributed by atoms with van der Waals surface area (Å²) in [4.78, 5) is 0. The van der Waals surface area contributed by atoms with E-state index in [0.29, 0.717) is 6.04 Å². The van der Waals surface area contributed by atoms with Crippen molar-refractivity contribution in [1.82, 2.24) is 15.1 Å². The van der Waals surface area contributed by atoms with Gasteiger partial charge in [-0.25, -0.2) is 0 Å². The van der Waals surface area contributed by atoms with Crippen LogP contribution in [0, 0.1) is 0 Å². The summed E-state index contributed by atoms with van der Waals surface area (Å²) in [7, 11) is 1.97. The van der Waals surface area contributed by atoms with Gasteiger partial charge in [0.05, 0.1) is 6.20 Å². The topological polar surface area (TPSA) is 29.9 Å². The summed E-state index contributed by atoms with van der Waals surface area (Å²) < 4.78 is 1.87. The second-order valence-electron chi connectivity index (χ2n) is 5.32. The van der Waals surface area contributed by atoms with E-state index in [-0.39, 0.29) is 0 Å². The van der Waals surface area contributed by atoms with Crippen LogP contribution in [0.25, 0.3) is 11.1 Å². The lowest BCUT2D eigenvalue weighted by Gasteiger charge is -2.14. The zero-order valence-electron chi connectivity index (χ0n) is 11.7. The number of aromatic nitrogens is 2. The third-order valence-corrected chi connectivity index (χ3v) is 3.93. The molecule has 3 heteroatoms. The molecule has 0 bridgehead atoms. The van der Waals surface area contributed by atoms with Gasteiger partial charge in [-0.2, -0.15) is 5.10 Å². The summed E-state index contributed by atoms with van der Waals surface area (Å²) >= 11 is 0. The van der Waals surface area contributed by atoms with Gasteiger partial charge in [0.1, 0.15) is 0 Å². The third kappa shape index (κ3) is 2.30. The Hall–Kier alpha value is -1.61. The van der Waals surface area contributed by atoms with Gasteiger partial charge in [-0.05, 0) is 42.5 Å². The molecule has 0 saturated carbocycles. The number of fused-ring (bicyclic) bond motifs is 1. The van der Waals surface area contributed by atoms with Crippen molar-refractivity contribution in [1.29, 1.82) is 0 Å². The van der Waals surface area contributed by atoms with Gasteiger partial charge in [-0.1, -0.05) is 25.1 Å². The Kier molecular flexibility index (Phi) is 3.38. The third-order valence-electron chi connectivity index (χ3n) is 3.93. The molecule has 1 N–H and O–H groups in total. The SMILES string of the molecule is CCCNC1CCc2c(-c3cnn(C)c3)cccc21. The summed E-state index contributed by atoms with van der Waals surface area (Å²) in [6.07, 6.45) is 7.63. The molecule has 1 aliphatic carbocycles. The van der Waals surface area contributed by atoms with Crippen molar-refractivity contribution < 1.29 is 0 Å². The minimum atomic E-state index is 0.534. The van der Waals surface area contributed by atoms with Gasteiger partial charge in [0.25, 0.3) is 0 Å². The average Bonchev–Trinajstić information content (AvgIpc) is 3.02. The minimum absolute atomic E-state index is 0.534. The Morgan fingerprint density at radius 3 is 3.05 bits per heavy atom. The highest BCUT2D eigenvalue weighted by Crippen LogP contribution is 2.37. The van der Waals surface area contributed by atoms with E-state index in [1.165, 1.54) is 41.5 Å². The first-order valence-corrected chi connectivity index (χ1v) is 7.13. The molecule has 100 valence electrons. The summed E-state index contributed by atoms with van der Waals surface area (Å²) in [5.41, 5.74) is 5.57. The van der Waals surface area contributed by atoms with Gasteiger partial charge in [-0.15, -0.1) is 0 Å². The van der Waals surface area contributed by atoms with Gasteiger partial charge in [0, 0.05) is 24.8 Å². The quantitative estimate of drug-likeness (QED) is 0.910. The van der Waals surface area contributed by atoms with Crippen molar-refractivity contribution in [2.24, 2.45) is 7.05 Å². The van der Waals surface area contributed by atoms with Crippen molar-refractivity contribution in [3.8, 4) is 11.1 Å². The first-order valence-electron chi connectivity index (χ1n) is 7.13. The molecule has 0 amide bonds. The van der Waals surface area contributed by atoms with Crippen molar-refractivity contribution in [3.05, 3.63) is 41.7 Å². The Labute approximate surface area is 114 Å². The fourth-order valence-corrected chi connectivity index (χ4v) is 3.02. The molecular formula is C16H21N3. The minimum Gasteiger partial charge on any atom is -0.310 e. The van der Waals surface area contributed by atoms with E-state index in [2.05, 4.69) is 41.7 Å². The Morgan fingerprint density at radius 1 is 1.42 bits per heavy atom. The van der Waals surface area contributed by atoms with E-state index in [1.54, 1.807) is 0 Å². The van der Waals surface area contributed by atoms with E-state index < -0.39 is 0 Å². The van der Waals surface area contributed by atoms with Crippen LogP contribution in [0.5, 0.6) is 0 Å². The largest absolute Gasteiger partial charge is 0.310 e. The Morgan fingerprint density at radius 2 is 2.32 bits per heavy atom. The fourth-order valence-electron chi connectivity index (χ4n) is 3.02. The number of rotatable bonds is 4. The second-order valence-corrected chi connectivity index (χ2v) is 5.32. The van der Waals surface area contributed by atoms with E-state index in [9.17, 15) is 0 Å². The molecule has 2 aromatic rings. The maximum absolute atomic E-state index is 4.29. The maximum Gasteiger partial charge on any atom is 0.0568 e. The van der Waals surface area contributed by atoms with Crippen molar-refractivity contribution in [2.75, 3.05) is 6.54 Å². The van der Waals surface area contributed by atoms with Gasteiger partial charge in [-0.3, -0.25) is 4.68 Å². The monoisotopic (exact) mass is 255 g/mol. The number of benzene rings is 1. The molecule has 3 nitrogen and oxygen atoms in total. The van der Waals surface area contributed by atoms with Crippen LogP contribution in [0.3, 0.4) is 0 Å². The highest BCUT2D eigenvalue weighted by atomic mass is 15.2. The number of hydrogen-bond acceptors (Lipinski definition) is 2. The van der Waals surface area contributed by atoms with Crippen molar-refractivity contribution >= 4 is 0 Å². The van der Waals surface area contributed by atoms with Crippen LogP contribution >= 0.6 is 0 Å². The van der Waals surface area contributed by atoms with Crippen LogP contribution in [0.15, 0.2) is 30.6 Å². The van der Waals surface area contributed by atoms with Crippen molar-refractivity contribution in [2.45, 2.75) is 32.2 Å². The normalized spacial score (nSPS) is 17.7. The number of nitrogens with one attached hydrogen (secondary N) is 1. The number of hydrogen-bond donors (Lipinski definition) is 1. The van der Waals surface area contributed by atoms with Crippen LogP contribution in [0.2, 0.25) is 0 Å². The van der Waals surface area contributed by atoms with Gasteiger partial charge < -0.3 is 5.32 Å². The second kappa shape index (κ2) is 5.17. The molecule has 1 aliphatic rings. The van der Waals surface area contributed by atoms with Gasteiger partial charge in [0.2, 0.25) is 0 Å². The lowest BCUT2D eigenvalue weighted by atomic mass is 9.98. The number of aryl methyl sites for hydroxylation is 1. The van der Waals surface area contributed by atoms with E-state index in [0.717, 1.165) is 6.54 Å². The Balaban J connectivity index is 1.95. The van der Waals surface area contributed by atoms with Gasteiger partial charge in [0.15, 0.2) is 0 Å². The summed E-state index contributed by atoms with van der Waals surface area (Å²) in [5, 5.41) is 7.94. The van der Waals surface area contributed by atoms with E-state index in [1.807, 2.05) is 17.9 Å². The predicted molar refractivity (Wildman–Crippen MR) is 78.0 cm³/mol.